The molecule has 6 rings (SSSR count). The van der Waals surface area contributed by atoms with Gasteiger partial charge in [-0.15, -0.1) is 0 Å². The van der Waals surface area contributed by atoms with E-state index in [0.717, 1.165) is 48.8 Å². The zero-order valence-corrected chi connectivity index (χ0v) is 25.7. The number of morpholine rings is 2. The minimum atomic E-state index is -0.106. The normalized spacial score (nSPS) is 15.4. The molecular weight excluding hydrogens is 586 g/mol. The molecule has 0 aliphatic carbocycles. The average molecular weight is 622 g/mol. The lowest BCUT2D eigenvalue weighted by Crippen LogP contribution is -2.37. The summed E-state index contributed by atoms with van der Waals surface area (Å²) in [4.78, 5) is 38.3. The molecular formula is C28H36ClN13O2. The number of nitrogens with zero attached hydrogens (tertiary/aromatic N) is 10. The van der Waals surface area contributed by atoms with E-state index in [0.29, 0.717) is 49.2 Å². The number of rotatable bonds is 5. The lowest BCUT2D eigenvalue weighted by Gasteiger charge is -2.28. The predicted molar refractivity (Wildman–Crippen MR) is 169 cm³/mol. The van der Waals surface area contributed by atoms with Gasteiger partial charge in [0.15, 0.2) is 0 Å². The molecule has 0 saturated carbocycles. The van der Waals surface area contributed by atoms with Gasteiger partial charge < -0.3 is 36.1 Å². The summed E-state index contributed by atoms with van der Waals surface area (Å²) in [6.07, 6.45) is 6.58. The molecule has 4 aromatic heterocycles. The molecule has 232 valence electrons. The van der Waals surface area contributed by atoms with Gasteiger partial charge in [0.25, 0.3) is 0 Å². The number of ether oxygens (including phenoxy) is 2. The summed E-state index contributed by atoms with van der Waals surface area (Å²) in [6.45, 7) is 12.0. The first-order valence-corrected chi connectivity index (χ1v) is 14.5. The van der Waals surface area contributed by atoms with Crippen LogP contribution >= 0.6 is 11.6 Å². The van der Waals surface area contributed by atoms with Gasteiger partial charge in [-0.05, 0) is 20.8 Å². The van der Waals surface area contributed by atoms with Crippen molar-refractivity contribution < 1.29 is 9.47 Å². The molecule has 0 amide bonds. The van der Waals surface area contributed by atoms with Crippen molar-refractivity contribution in [1.82, 2.24) is 39.9 Å². The highest BCUT2D eigenvalue weighted by Gasteiger charge is 2.19. The molecule has 0 unspecified atom stereocenters. The van der Waals surface area contributed by atoms with Crippen molar-refractivity contribution >= 4 is 41.2 Å². The predicted octanol–water partition coefficient (Wildman–Crippen LogP) is 2.57. The molecule has 0 spiro atoms. The minimum Gasteiger partial charge on any atom is -0.378 e. The quantitative estimate of drug-likeness (QED) is 0.275. The number of nitrogen functional groups attached to an aromatic ring is 2. The number of aromatic nitrogens is 8. The largest absolute Gasteiger partial charge is 0.378 e. The zero-order valence-electron chi connectivity index (χ0n) is 24.9. The van der Waals surface area contributed by atoms with Gasteiger partial charge in [0.1, 0.15) is 11.0 Å². The molecule has 0 atom stereocenters. The Bertz CT molecular complexity index is 1520. The Morgan fingerprint density at radius 3 is 1.57 bits per heavy atom. The van der Waals surface area contributed by atoms with Gasteiger partial charge in [0.05, 0.1) is 37.8 Å². The summed E-state index contributed by atoms with van der Waals surface area (Å²) in [5.41, 5.74) is 13.9. The van der Waals surface area contributed by atoms with E-state index in [1.54, 1.807) is 30.9 Å². The van der Waals surface area contributed by atoms with Gasteiger partial charge in [-0.3, -0.25) is 0 Å². The van der Waals surface area contributed by atoms with Crippen molar-refractivity contribution in [2.24, 2.45) is 0 Å². The molecule has 2 fully saturated rings. The first kappa shape index (κ1) is 31.0. The summed E-state index contributed by atoms with van der Waals surface area (Å²) in [7, 11) is 0. The SMILES string of the molecule is CC(C)(C)Nc1cc(-c2cnc(N)nc2)nc(N2CCOCC2)n1.Nc1ncc(-c2cc(Cl)nc(N3CCOCC3)n2)cn1. The van der Waals surface area contributed by atoms with Crippen LogP contribution in [0.3, 0.4) is 0 Å². The van der Waals surface area contributed by atoms with Crippen LogP contribution in [0.5, 0.6) is 0 Å². The first-order chi connectivity index (χ1) is 21.1. The van der Waals surface area contributed by atoms with E-state index >= 15 is 0 Å². The Kier molecular flexibility index (Phi) is 9.77. The van der Waals surface area contributed by atoms with E-state index < -0.39 is 0 Å². The summed E-state index contributed by atoms with van der Waals surface area (Å²) < 4.78 is 10.7. The maximum absolute atomic E-state index is 6.08. The minimum absolute atomic E-state index is 0.106. The van der Waals surface area contributed by atoms with Gasteiger partial charge in [-0.1, -0.05) is 11.6 Å². The van der Waals surface area contributed by atoms with Crippen LogP contribution in [0.2, 0.25) is 5.15 Å². The second kappa shape index (κ2) is 13.9. The third-order valence-corrected chi connectivity index (χ3v) is 6.62. The van der Waals surface area contributed by atoms with Gasteiger partial charge in [0, 0.05) is 79.8 Å². The molecule has 5 N–H and O–H groups in total. The van der Waals surface area contributed by atoms with Crippen LogP contribution in [-0.2, 0) is 9.47 Å². The lowest BCUT2D eigenvalue weighted by molar-refractivity contribution is 0.122. The summed E-state index contributed by atoms with van der Waals surface area (Å²) in [5.74, 6) is 2.51. The number of anilines is 5. The molecule has 44 heavy (non-hydrogen) atoms. The molecule has 16 heteroatoms. The third-order valence-electron chi connectivity index (χ3n) is 6.42. The number of hydrogen-bond acceptors (Lipinski definition) is 15. The van der Waals surface area contributed by atoms with Gasteiger partial charge in [-0.25, -0.2) is 34.9 Å². The van der Waals surface area contributed by atoms with Crippen LogP contribution in [0, 0.1) is 0 Å². The molecule has 6 heterocycles. The molecule has 2 aliphatic rings. The zero-order chi connectivity index (χ0) is 31.1. The number of halogens is 1. The summed E-state index contributed by atoms with van der Waals surface area (Å²) in [5, 5.41) is 3.79. The molecule has 15 nitrogen and oxygen atoms in total. The highest BCUT2D eigenvalue weighted by Crippen LogP contribution is 2.25. The van der Waals surface area contributed by atoms with E-state index in [1.807, 2.05) is 11.0 Å². The van der Waals surface area contributed by atoms with Crippen LogP contribution in [0.15, 0.2) is 36.9 Å². The molecule has 2 aliphatic heterocycles. The highest BCUT2D eigenvalue weighted by molar-refractivity contribution is 6.29. The first-order valence-electron chi connectivity index (χ1n) is 14.2. The fraction of sp³-hybridized carbons (Fsp3) is 0.429. The van der Waals surface area contributed by atoms with Crippen molar-refractivity contribution in [3.05, 3.63) is 42.1 Å². The van der Waals surface area contributed by atoms with Crippen molar-refractivity contribution in [3.8, 4) is 22.5 Å². The number of hydrogen-bond donors (Lipinski definition) is 3. The Balaban J connectivity index is 0.000000177. The average Bonchev–Trinajstić information content (AvgIpc) is 3.02. The Morgan fingerprint density at radius 2 is 1.11 bits per heavy atom. The molecule has 0 radical (unpaired) electrons. The Morgan fingerprint density at radius 1 is 0.682 bits per heavy atom. The standard InChI is InChI=1S/C16H23N7O.C12H13ClN6O/c1-16(2,3)22-13-8-12(11-9-18-14(17)19-10-11)20-15(21-13)23-4-6-24-7-5-23;13-10-5-9(8-6-15-11(14)16-7-8)17-12(18-10)19-1-3-20-4-2-19/h8-10H,4-7H2,1-3H3,(H2,17,18,19)(H,20,21,22);5-7H,1-4H2,(H2,14,15,16). The molecule has 4 aromatic rings. The van der Waals surface area contributed by atoms with Crippen LogP contribution in [0.4, 0.5) is 29.6 Å². The highest BCUT2D eigenvalue weighted by atomic mass is 35.5. The van der Waals surface area contributed by atoms with Gasteiger partial charge in [-0.2, -0.15) is 4.98 Å². The Labute approximate surface area is 260 Å². The van der Waals surface area contributed by atoms with Crippen molar-refractivity contribution in [1.29, 1.82) is 0 Å². The fourth-order valence-electron chi connectivity index (χ4n) is 4.33. The van der Waals surface area contributed by atoms with Gasteiger partial charge in [0.2, 0.25) is 23.8 Å². The van der Waals surface area contributed by atoms with Crippen molar-refractivity contribution in [3.63, 3.8) is 0 Å². The Hall–Kier alpha value is -4.47. The smallest absolute Gasteiger partial charge is 0.228 e. The summed E-state index contributed by atoms with van der Waals surface area (Å²) >= 11 is 6.08. The maximum Gasteiger partial charge on any atom is 0.228 e. The summed E-state index contributed by atoms with van der Waals surface area (Å²) in [6, 6.07) is 3.59. The topological polar surface area (TPSA) is 192 Å². The van der Waals surface area contributed by atoms with Crippen molar-refractivity contribution in [2.45, 2.75) is 26.3 Å². The maximum atomic E-state index is 6.08. The van der Waals surface area contributed by atoms with Gasteiger partial charge >= 0.3 is 0 Å². The third kappa shape index (κ3) is 8.55. The monoisotopic (exact) mass is 621 g/mol. The lowest BCUT2D eigenvalue weighted by atomic mass is 10.1. The second-order valence-corrected chi connectivity index (χ2v) is 11.4. The van der Waals surface area contributed by atoms with E-state index in [2.05, 4.69) is 70.9 Å². The number of nitrogens with two attached hydrogens (primary N) is 2. The second-order valence-electron chi connectivity index (χ2n) is 11.0. The van der Waals surface area contributed by atoms with Crippen LogP contribution in [0.25, 0.3) is 22.5 Å². The molecule has 2 saturated heterocycles. The molecule has 0 bridgehead atoms. The van der Waals surface area contributed by atoms with Crippen LogP contribution < -0.4 is 26.6 Å². The van der Waals surface area contributed by atoms with E-state index in [9.17, 15) is 0 Å². The van der Waals surface area contributed by atoms with E-state index in [4.69, 9.17) is 32.5 Å². The van der Waals surface area contributed by atoms with Crippen LogP contribution in [-0.4, -0.2) is 98.0 Å². The number of nitrogens with one attached hydrogen (secondary N) is 1. The fourth-order valence-corrected chi connectivity index (χ4v) is 4.51. The molecule has 0 aromatic carbocycles. The van der Waals surface area contributed by atoms with E-state index in [-0.39, 0.29) is 17.4 Å². The van der Waals surface area contributed by atoms with Crippen LogP contribution in [0.1, 0.15) is 20.8 Å². The van der Waals surface area contributed by atoms with Crippen molar-refractivity contribution in [2.75, 3.05) is 79.2 Å². The van der Waals surface area contributed by atoms with E-state index in [1.165, 1.54) is 0 Å².